The van der Waals surface area contributed by atoms with Gasteiger partial charge in [0.2, 0.25) is 5.91 Å². The summed E-state index contributed by atoms with van der Waals surface area (Å²) in [6.45, 7) is 1.81. The topological polar surface area (TPSA) is 73.3 Å². The molecule has 1 heterocycles. The van der Waals surface area contributed by atoms with Gasteiger partial charge in [-0.25, -0.2) is 14.4 Å². The summed E-state index contributed by atoms with van der Waals surface area (Å²) in [4.78, 5) is 20.4. The number of anilines is 1. The predicted octanol–water partition coefficient (Wildman–Crippen LogP) is 4.86. The minimum Gasteiger partial charge on any atom is -0.455 e. The van der Waals surface area contributed by atoms with Gasteiger partial charge in [0.15, 0.2) is 5.75 Å². The van der Waals surface area contributed by atoms with Gasteiger partial charge in [-0.15, -0.1) is 0 Å². The molecule has 6 nitrogen and oxygen atoms in total. The summed E-state index contributed by atoms with van der Waals surface area (Å²) in [5, 5.41) is 2.91. The largest absolute Gasteiger partial charge is 0.455 e. The van der Waals surface area contributed by atoms with Crippen LogP contribution in [0.2, 0.25) is 0 Å². The van der Waals surface area contributed by atoms with E-state index in [4.69, 9.17) is 9.47 Å². The third kappa shape index (κ3) is 4.09. The molecule has 142 valence electrons. The molecule has 0 atom stereocenters. The number of aromatic nitrogens is 2. The van der Waals surface area contributed by atoms with Gasteiger partial charge in [-0.3, -0.25) is 4.79 Å². The van der Waals surface area contributed by atoms with Gasteiger partial charge < -0.3 is 14.8 Å². The lowest BCUT2D eigenvalue weighted by Gasteiger charge is -2.17. The normalized spacial score (nSPS) is 13.1. The van der Waals surface area contributed by atoms with Gasteiger partial charge >= 0.3 is 6.01 Å². The highest BCUT2D eigenvalue weighted by molar-refractivity contribution is 5.95. The lowest BCUT2D eigenvalue weighted by molar-refractivity contribution is -0.117. The minimum absolute atomic E-state index is 0.0385. The average molecular weight is 379 g/mol. The average Bonchev–Trinajstić information content (AvgIpc) is 3.54. The van der Waals surface area contributed by atoms with Crippen molar-refractivity contribution >= 4 is 11.6 Å². The van der Waals surface area contributed by atoms with Crippen molar-refractivity contribution in [2.24, 2.45) is 5.92 Å². The Kier molecular flexibility index (Phi) is 4.89. The minimum atomic E-state index is -0.357. The number of nitrogens with zero attached hydrogens (tertiary/aromatic N) is 2. The van der Waals surface area contributed by atoms with Gasteiger partial charge in [0.05, 0.1) is 5.69 Å². The quantitative estimate of drug-likeness (QED) is 0.662. The van der Waals surface area contributed by atoms with Crippen LogP contribution in [0.25, 0.3) is 0 Å². The highest BCUT2D eigenvalue weighted by Crippen LogP contribution is 2.40. The Hall–Kier alpha value is -3.48. The fraction of sp³-hybridized carbons (Fsp3) is 0.190. The van der Waals surface area contributed by atoms with E-state index in [9.17, 15) is 9.18 Å². The molecule has 1 saturated carbocycles. The van der Waals surface area contributed by atoms with Crippen LogP contribution < -0.4 is 14.8 Å². The molecular weight excluding hydrogens is 361 g/mol. The number of hydrogen-bond donors (Lipinski definition) is 1. The van der Waals surface area contributed by atoms with Gasteiger partial charge in [0.1, 0.15) is 17.3 Å². The van der Waals surface area contributed by atoms with Crippen molar-refractivity contribution in [3.63, 3.8) is 0 Å². The number of benzene rings is 2. The first-order valence-corrected chi connectivity index (χ1v) is 8.93. The maximum absolute atomic E-state index is 13.2. The summed E-state index contributed by atoms with van der Waals surface area (Å²) in [5.74, 6) is 1.02. The smallest absolute Gasteiger partial charge is 0.321 e. The Labute approximate surface area is 161 Å². The van der Waals surface area contributed by atoms with Crippen LogP contribution in [-0.4, -0.2) is 15.9 Å². The number of hydrogen-bond acceptors (Lipinski definition) is 5. The molecule has 1 N–H and O–H groups in total. The molecule has 1 amide bonds. The summed E-state index contributed by atoms with van der Waals surface area (Å²) in [7, 11) is 0. The van der Waals surface area contributed by atoms with Crippen LogP contribution in [0.1, 0.15) is 18.4 Å². The zero-order valence-corrected chi connectivity index (χ0v) is 15.2. The first-order valence-electron chi connectivity index (χ1n) is 8.93. The maximum atomic E-state index is 13.2. The number of carbonyl (C=O) groups excluding carboxylic acids is 1. The van der Waals surface area contributed by atoms with Gasteiger partial charge in [-0.1, -0.05) is 0 Å². The monoisotopic (exact) mass is 379 g/mol. The van der Waals surface area contributed by atoms with Crippen LogP contribution >= 0.6 is 0 Å². The molecule has 1 aromatic heterocycles. The van der Waals surface area contributed by atoms with Gasteiger partial charge in [-0.2, -0.15) is 0 Å². The van der Waals surface area contributed by atoms with Crippen LogP contribution in [0, 0.1) is 18.7 Å². The van der Waals surface area contributed by atoms with Crippen molar-refractivity contribution in [2.75, 3.05) is 5.32 Å². The molecule has 3 aromatic rings. The molecule has 7 heteroatoms. The van der Waals surface area contributed by atoms with Crippen LogP contribution in [0.5, 0.6) is 23.3 Å². The molecule has 28 heavy (non-hydrogen) atoms. The number of ether oxygens (including phenoxy) is 2. The van der Waals surface area contributed by atoms with Crippen LogP contribution in [0.3, 0.4) is 0 Å². The standard InChI is InChI=1S/C21H18FN3O3/c1-13-18(28-21-23-11-2-12-24-21)10-9-17(25-20(26)14-3-4-14)19(13)27-16-7-5-15(22)6-8-16/h2,5-12,14H,3-4H2,1H3,(H,25,26). The molecule has 0 unspecified atom stereocenters. The molecule has 0 bridgehead atoms. The fourth-order valence-corrected chi connectivity index (χ4v) is 2.65. The Morgan fingerprint density at radius 1 is 1.07 bits per heavy atom. The first-order chi connectivity index (χ1) is 13.6. The van der Waals surface area contributed by atoms with E-state index < -0.39 is 0 Å². The Balaban J connectivity index is 1.67. The van der Waals surface area contributed by atoms with E-state index >= 15 is 0 Å². The highest BCUT2D eigenvalue weighted by atomic mass is 19.1. The number of halogens is 1. The molecule has 1 aliphatic rings. The van der Waals surface area contributed by atoms with E-state index in [1.54, 1.807) is 30.6 Å². The zero-order chi connectivity index (χ0) is 19.5. The summed E-state index contributed by atoms with van der Waals surface area (Å²) in [6.07, 6.45) is 4.95. The lowest BCUT2D eigenvalue weighted by atomic mass is 10.1. The van der Waals surface area contributed by atoms with E-state index in [1.165, 1.54) is 24.3 Å². The fourth-order valence-electron chi connectivity index (χ4n) is 2.65. The first kappa shape index (κ1) is 17.9. The van der Waals surface area contributed by atoms with Crippen LogP contribution in [-0.2, 0) is 4.79 Å². The summed E-state index contributed by atoms with van der Waals surface area (Å²) < 4.78 is 24.9. The summed E-state index contributed by atoms with van der Waals surface area (Å²) in [6, 6.07) is 11.0. The molecule has 2 aromatic carbocycles. The number of rotatable bonds is 6. The molecule has 0 spiro atoms. The van der Waals surface area contributed by atoms with E-state index in [0.717, 1.165) is 12.8 Å². The second-order valence-corrected chi connectivity index (χ2v) is 6.52. The van der Waals surface area contributed by atoms with E-state index in [2.05, 4.69) is 15.3 Å². The Morgan fingerprint density at radius 3 is 2.46 bits per heavy atom. The molecule has 0 saturated heterocycles. The number of amides is 1. The van der Waals surface area contributed by atoms with Gasteiger partial charge in [0, 0.05) is 23.9 Å². The lowest BCUT2D eigenvalue weighted by Crippen LogP contribution is -2.14. The second-order valence-electron chi connectivity index (χ2n) is 6.52. The second kappa shape index (κ2) is 7.64. The predicted molar refractivity (Wildman–Crippen MR) is 101 cm³/mol. The van der Waals surface area contributed by atoms with Gasteiger partial charge in [-0.05, 0) is 62.2 Å². The molecule has 0 radical (unpaired) electrons. The molecule has 1 fully saturated rings. The van der Waals surface area contributed by atoms with Gasteiger partial charge in [0.25, 0.3) is 0 Å². The maximum Gasteiger partial charge on any atom is 0.321 e. The van der Waals surface area contributed by atoms with Crippen molar-refractivity contribution < 1.29 is 18.7 Å². The Morgan fingerprint density at radius 2 is 1.79 bits per heavy atom. The van der Waals surface area contributed by atoms with Crippen molar-refractivity contribution in [2.45, 2.75) is 19.8 Å². The number of nitrogens with one attached hydrogen (secondary N) is 1. The van der Waals surface area contributed by atoms with E-state index in [0.29, 0.717) is 28.5 Å². The summed E-state index contributed by atoms with van der Waals surface area (Å²) in [5.41, 5.74) is 1.19. The molecule has 4 rings (SSSR count). The number of carbonyl (C=O) groups is 1. The SMILES string of the molecule is Cc1c(Oc2ncccn2)ccc(NC(=O)C2CC2)c1Oc1ccc(F)cc1. The van der Waals surface area contributed by atoms with Crippen molar-refractivity contribution in [3.05, 3.63) is 66.2 Å². The Bertz CT molecular complexity index is 990. The van der Waals surface area contributed by atoms with E-state index in [1.807, 2.05) is 6.92 Å². The molecule has 1 aliphatic carbocycles. The molecule has 0 aliphatic heterocycles. The zero-order valence-electron chi connectivity index (χ0n) is 15.2. The van der Waals surface area contributed by atoms with Crippen molar-refractivity contribution in [3.8, 4) is 23.3 Å². The molecular formula is C21H18FN3O3. The van der Waals surface area contributed by atoms with E-state index in [-0.39, 0.29) is 23.7 Å². The highest BCUT2D eigenvalue weighted by Gasteiger charge is 2.30. The van der Waals surface area contributed by atoms with Crippen LogP contribution in [0.4, 0.5) is 10.1 Å². The van der Waals surface area contributed by atoms with Crippen LogP contribution in [0.15, 0.2) is 54.9 Å². The van der Waals surface area contributed by atoms with Crippen molar-refractivity contribution in [1.82, 2.24) is 9.97 Å². The third-order valence-electron chi connectivity index (χ3n) is 4.34. The summed E-state index contributed by atoms with van der Waals surface area (Å²) >= 11 is 0. The van der Waals surface area contributed by atoms with Crippen molar-refractivity contribution in [1.29, 1.82) is 0 Å². The third-order valence-corrected chi connectivity index (χ3v) is 4.34.